The number of hydrogen-bond acceptors (Lipinski definition) is 4. The number of benzene rings is 1. The largest absolute Gasteiger partial charge is 0.393 e. The number of nitrogens with zero attached hydrogens (tertiary/aromatic N) is 1. The van der Waals surface area contributed by atoms with E-state index in [-0.39, 0.29) is 11.6 Å². The van der Waals surface area contributed by atoms with E-state index in [1.54, 1.807) is 0 Å². The topological polar surface area (TPSA) is 92.5 Å². The van der Waals surface area contributed by atoms with E-state index in [9.17, 15) is 19.3 Å². The molecule has 18 heavy (non-hydrogen) atoms. The molecule has 2 N–H and O–H groups in total. The van der Waals surface area contributed by atoms with Crippen LogP contribution in [0.3, 0.4) is 0 Å². The summed E-state index contributed by atoms with van der Waals surface area (Å²) < 4.78 is 13.5. The van der Waals surface area contributed by atoms with Crippen LogP contribution >= 0.6 is 0 Å². The monoisotopic (exact) mass is 254 g/mol. The first kappa shape index (κ1) is 12.4. The lowest BCUT2D eigenvalue weighted by atomic mass is 9.89. The van der Waals surface area contributed by atoms with Gasteiger partial charge in [0.15, 0.2) is 0 Å². The van der Waals surface area contributed by atoms with Crippen LogP contribution in [0.25, 0.3) is 0 Å². The van der Waals surface area contributed by atoms with Crippen LogP contribution in [0, 0.1) is 15.9 Å². The van der Waals surface area contributed by atoms with Crippen molar-refractivity contribution in [1.29, 1.82) is 0 Å². The molecule has 1 aliphatic carbocycles. The van der Waals surface area contributed by atoms with E-state index in [0.717, 1.165) is 12.1 Å². The van der Waals surface area contributed by atoms with Crippen LogP contribution < -0.4 is 5.32 Å². The number of amides is 1. The maximum Gasteiger partial charge on any atom is 0.272 e. The molecule has 0 aromatic heterocycles. The van der Waals surface area contributed by atoms with Crippen LogP contribution in [-0.4, -0.2) is 28.1 Å². The number of non-ortho nitro benzene ring substituents is 1. The van der Waals surface area contributed by atoms with E-state index in [2.05, 4.69) is 5.32 Å². The molecule has 1 fully saturated rings. The van der Waals surface area contributed by atoms with Gasteiger partial charge in [-0.15, -0.1) is 0 Å². The molecule has 0 unspecified atom stereocenters. The second-order valence-corrected chi connectivity index (χ2v) is 4.22. The van der Waals surface area contributed by atoms with Gasteiger partial charge < -0.3 is 10.4 Å². The van der Waals surface area contributed by atoms with Gasteiger partial charge in [-0.3, -0.25) is 14.9 Å². The number of rotatable bonds is 3. The lowest BCUT2D eigenvalue weighted by Crippen LogP contribution is -2.46. The van der Waals surface area contributed by atoms with Crippen molar-refractivity contribution in [1.82, 2.24) is 5.32 Å². The van der Waals surface area contributed by atoms with Gasteiger partial charge in [-0.25, -0.2) is 4.39 Å². The molecule has 2 rings (SSSR count). The zero-order chi connectivity index (χ0) is 13.3. The molecular weight excluding hydrogens is 243 g/mol. The van der Waals surface area contributed by atoms with E-state index in [0.29, 0.717) is 18.9 Å². The van der Waals surface area contributed by atoms with Gasteiger partial charge in [0.05, 0.1) is 22.7 Å². The molecule has 1 amide bonds. The number of halogens is 1. The van der Waals surface area contributed by atoms with Crippen LogP contribution in [0.15, 0.2) is 18.2 Å². The Balaban J connectivity index is 2.08. The third-order valence-corrected chi connectivity index (χ3v) is 2.86. The minimum Gasteiger partial charge on any atom is -0.393 e. The molecule has 0 spiro atoms. The van der Waals surface area contributed by atoms with Gasteiger partial charge in [0.1, 0.15) is 5.82 Å². The molecule has 0 radical (unpaired) electrons. The molecule has 0 heterocycles. The van der Waals surface area contributed by atoms with Crippen LogP contribution in [-0.2, 0) is 0 Å². The Kier molecular flexibility index (Phi) is 3.24. The summed E-state index contributed by atoms with van der Waals surface area (Å²) in [6.45, 7) is 0. The number of nitrogens with one attached hydrogen (secondary N) is 1. The van der Waals surface area contributed by atoms with Gasteiger partial charge in [0, 0.05) is 12.1 Å². The van der Waals surface area contributed by atoms with Crippen molar-refractivity contribution >= 4 is 11.6 Å². The van der Waals surface area contributed by atoms with Crippen molar-refractivity contribution in [2.24, 2.45) is 0 Å². The minimum atomic E-state index is -0.929. The highest BCUT2D eigenvalue weighted by Crippen LogP contribution is 2.21. The summed E-state index contributed by atoms with van der Waals surface area (Å²) >= 11 is 0. The highest BCUT2D eigenvalue weighted by molar-refractivity contribution is 5.95. The first-order valence-electron chi connectivity index (χ1n) is 5.40. The van der Waals surface area contributed by atoms with Crippen LogP contribution in [0.2, 0.25) is 0 Å². The Morgan fingerprint density at radius 2 is 2.17 bits per heavy atom. The average molecular weight is 254 g/mol. The number of carbonyl (C=O) groups is 1. The first-order chi connectivity index (χ1) is 8.47. The Morgan fingerprint density at radius 1 is 1.50 bits per heavy atom. The maximum atomic E-state index is 13.5. The van der Waals surface area contributed by atoms with Crippen molar-refractivity contribution in [2.75, 3.05) is 0 Å². The van der Waals surface area contributed by atoms with Crippen molar-refractivity contribution in [3.8, 4) is 0 Å². The number of nitro benzene ring substituents is 1. The molecule has 1 aromatic rings. The molecule has 96 valence electrons. The number of aliphatic hydroxyl groups is 1. The Labute approximate surface area is 102 Å². The summed E-state index contributed by atoms with van der Waals surface area (Å²) in [4.78, 5) is 21.3. The summed E-state index contributed by atoms with van der Waals surface area (Å²) in [6, 6.07) is 2.71. The van der Waals surface area contributed by atoms with Gasteiger partial charge in [0.2, 0.25) is 0 Å². The molecule has 1 saturated carbocycles. The molecule has 0 bridgehead atoms. The maximum absolute atomic E-state index is 13.5. The second-order valence-electron chi connectivity index (χ2n) is 4.22. The van der Waals surface area contributed by atoms with Crippen molar-refractivity contribution in [3.05, 3.63) is 39.7 Å². The van der Waals surface area contributed by atoms with Gasteiger partial charge in [-0.2, -0.15) is 0 Å². The highest BCUT2D eigenvalue weighted by Gasteiger charge is 2.29. The summed E-state index contributed by atoms with van der Waals surface area (Å²) in [6.07, 6.45) is 0.470. The standard InChI is InChI=1S/C11H11FN2O4/c12-10-5-7(14(17)18)1-2-9(10)11(16)13-6-3-8(15)4-6/h1-2,5-6,8,15H,3-4H2,(H,13,16). The van der Waals surface area contributed by atoms with Gasteiger partial charge in [-0.05, 0) is 18.9 Å². The Hall–Kier alpha value is -2.02. The van der Waals surface area contributed by atoms with E-state index in [1.165, 1.54) is 0 Å². The lowest BCUT2D eigenvalue weighted by molar-refractivity contribution is -0.385. The molecule has 7 heteroatoms. The molecule has 0 atom stereocenters. The lowest BCUT2D eigenvalue weighted by Gasteiger charge is -2.31. The fourth-order valence-electron chi connectivity index (χ4n) is 1.77. The highest BCUT2D eigenvalue weighted by atomic mass is 19.1. The predicted molar refractivity (Wildman–Crippen MR) is 59.5 cm³/mol. The first-order valence-corrected chi connectivity index (χ1v) is 5.40. The predicted octanol–water partition coefficient (Wildman–Crippen LogP) is 0.987. The number of carbonyl (C=O) groups excluding carboxylic acids is 1. The molecule has 0 saturated heterocycles. The van der Waals surface area contributed by atoms with Crippen LogP contribution in [0.4, 0.5) is 10.1 Å². The molecular formula is C11H11FN2O4. The normalized spacial score (nSPS) is 22.1. The fraction of sp³-hybridized carbons (Fsp3) is 0.364. The number of hydrogen-bond donors (Lipinski definition) is 2. The Bertz CT molecular complexity index is 500. The molecule has 1 aliphatic rings. The second kappa shape index (κ2) is 4.69. The van der Waals surface area contributed by atoms with Crippen molar-refractivity contribution < 1.29 is 19.2 Å². The molecule has 1 aromatic carbocycles. The van der Waals surface area contributed by atoms with E-state index in [4.69, 9.17) is 5.11 Å². The van der Waals surface area contributed by atoms with Crippen molar-refractivity contribution in [3.63, 3.8) is 0 Å². The smallest absolute Gasteiger partial charge is 0.272 e. The van der Waals surface area contributed by atoms with E-state index >= 15 is 0 Å². The summed E-state index contributed by atoms with van der Waals surface area (Å²) in [5.41, 5.74) is -0.634. The Morgan fingerprint density at radius 3 is 2.67 bits per heavy atom. The minimum absolute atomic E-state index is 0.165. The SMILES string of the molecule is O=C(NC1CC(O)C1)c1ccc([N+](=O)[O-])cc1F. The van der Waals surface area contributed by atoms with Gasteiger partial charge in [0.25, 0.3) is 11.6 Å². The van der Waals surface area contributed by atoms with E-state index in [1.807, 2.05) is 0 Å². The average Bonchev–Trinajstić information content (AvgIpc) is 2.26. The number of aliphatic hydroxyl groups excluding tert-OH is 1. The van der Waals surface area contributed by atoms with E-state index < -0.39 is 28.4 Å². The van der Waals surface area contributed by atoms with Gasteiger partial charge in [-0.1, -0.05) is 0 Å². The van der Waals surface area contributed by atoms with Crippen molar-refractivity contribution in [2.45, 2.75) is 25.0 Å². The van der Waals surface area contributed by atoms with Gasteiger partial charge >= 0.3 is 0 Å². The van der Waals surface area contributed by atoms with Crippen LogP contribution in [0.5, 0.6) is 0 Å². The zero-order valence-corrected chi connectivity index (χ0v) is 9.30. The molecule has 6 nitrogen and oxygen atoms in total. The molecule has 0 aliphatic heterocycles. The zero-order valence-electron chi connectivity index (χ0n) is 9.30. The summed E-state index contributed by atoms with van der Waals surface area (Å²) in [7, 11) is 0. The quantitative estimate of drug-likeness (QED) is 0.621. The fourth-order valence-corrected chi connectivity index (χ4v) is 1.77. The van der Waals surface area contributed by atoms with Crippen LogP contribution in [0.1, 0.15) is 23.2 Å². The third-order valence-electron chi connectivity index (χ3n) is 2.86. The summed E-state index contributed by atoms with van der Waals surface area (Å²) in [5, 5.41) is 22.0. The summed E-state index contributed by atoms with van der Waals surface area (Å²) in [5.74, 6) is -1.55. The number of nitro groups is 1. The third kappa shape index (κ3) is 2.45.